The number of aromatic nitrogens is 4. The lowest BCUT2D eigenvalue weighted by Crippen LogP contribution is -2.66. The minimum atomic E-state index is -0.619. The lowest BCUT2D eigenvalue weighted by atomic mass is 9.34. The van der Waals surface area contributed by atoms with E-state index in [2.05, 4.69) is 76.4 Å². The Morgan fingerprint density at radius 1 is 1.06 bits per heavy atom. The van der Waals surface area contributed by atoms with Crippen LogP contribution in [0.4, 0.5) is 0 Å². The maximum Gasteiger partial charge on any atom is 0.307 e. The zero-order chi connectivity index (χ0) is 37.3. The number of carboxylic acids is 1. The van der Waals surface area contributed by atoms with Crippen LogP contribution in [0.15, 0.2) is 42.5 Å². The summed E-state index contributed by atoms with van der Waals surface area (Å²) in [6.45, 7) is 21.1. The third kappa shape index (κ3) is 5.56. The Morgan fingerprint density at radius 2 is 1.81 bits per heavy atom. The van der Waals surface area contributed by atoms with Gasteiger partial charge in [-0.2, -0.15) is 5.10 Å². The fraction of sp³-hybridized carbons (Fsp3) is 0.767. The minimum Gasteiger partial charge on any atom is -0.481 e. The van der Waals surface area contributed by atoms with Gasteiger partial charge in [0.2, 0.25) is 0 Å². The van der Waals surface area contributed by atoms with E-state index >= 15 is 0 Å². The highest BCUT2D eigenvalue weighted by Gasteiger charge is 2.70. The summed E-state index contributed by atoms with van der Waals surface area (Å²) in [6, 6.07) is 4.31. The van der Waals surface area contributed by atoms with Gasteiger partial charge in [0.15, 0.2) is 5.82 Å². The Kier molecular flexibility index (Phi) is 9.85. The molecule has 0 bridgehead atoms. The van der Waals surface area contributed by atoms with Gasteiger partial charge in [-0.15, -0.1) is 0 Å². The lowest BCUT2D eigenvalue weighted by molar-refractivity contribution is -0.208. The van der Waals surface area contributed by atoms with Gasteiger partial charge in [-0.1, -0.05) is 67.0 Å². The van der Waals surface area contributed by atoms with Crippen LogP contribution in [0.5, 0.6) is 0 Å². The molecule has 0 unspecified atom stereocenters. The molecule has 7 rings (SSSR count). The van der Waals surface area contributed by atoms with Gasteiger partial charge >= 0.3 is 5.97 Å². The van der Waals surface area contributed by atoms with Crippen LogP contribution in [0.1, 0.15) is 113 Å². The zero-order valence-corrected chi connectivity index (χ0v) is 33.3. The molecule has 0 aromatic carbocycles. The molecule has 2 N–H and O–H groups in total. The van der Waals surface area contributed by atoms with Crippen molar-refractivity contribution in [2.75, 3.05) is 26.9 Å². The van der Waals surface area contributed by atoms with Crippen LogP contribution in [-0.4, -0.2) is 69.8 Å². The van der Waals surface area contributed by atoms with Crippen molar-refractivity contribution in [1.82, 2.24) is 25.1 Å². The van der Waals surface area contributed by atoms with Crippen molar-refractivity contribution in [3.8, 4) is 11.4 Å². The fourth-order valence-corrected chi connectivity index (χ4v) is 13.3. The third-order valence-corrected chi connectivity index (χ3v) is 16.4. The average Bonchev–Trinajstić information content (AvgIpc) is 3.81. The summed E-state index contributed by atoms with van der Waals surface area (Å²) >= 11 is 0. The van der Waals surface area contributed by atoms with Crippen molar-refractivity contribution in [2.24, 2.45) is 56.7 Å². The number of carboxylic acid groups (broad SMARTS) is 1. The van der Waals surface area contributed by atoms with Gasteiger partial charge in [0, 0.05) is 36.5 Å². The standard InChI is InChI=1S/C43H65N5O4/c1-27(2)28(3)40(6)18-19-41(7)31-12-13-34-39(4,5)36(52-24-30-11-10-20-45-30)33(48-37(46-26-47-48)29-15-21-44-22-16-29)23-43(34,25-51-9)32(31)14-17-42(41,8)35(40)38(49)50/h14-16,21-22,26-28,30-31,33-36,45H,10-13,17-20,23-25H2,1-9H3,(H,49,50)/t28-,30+,31+,33-,34+,35-,36+,40-,41-,42+,43+/m1/s1. The van der Waals surface area contributed by atoms with Crippen LogP contribution in [0.3, 0.4) is 0 Å². The average molecular weight is 716 g/mol. The molecule has 1 saturated heterocycles. The highest BCUT2D eigenvalue weighted by atomic mass is 16.5. The highest BCUT2D eigenvalue weighted by molar-refractivity contribution is 5.73. The number of nitrogens with zero attached hydrogens (tertiary/aromatic N) is 4. The van der Waals surface area contributed by atoms with E-state index in [1.165, 1.54) is 12.0 Å². The van der Waals surface area contributed by atoms with Crippen LogP contribution < -0.4 is 5.32 Å². The number of pyridine rings is 1. The zero-order valence-electron chi connectivity index (χ0n) is 33.3. The van der Waals surface area contributed by atoms with Crippen molar-refractivity contribution in [2.45, 2.75) is 125 Å². The first-order valence-electron chi connectivity index (χ1n) is 20.2. The van der Waals surface area contributed by atoms with E-state index in [-0.39, 0.29) is 45.1 Å². The topological polar surface area (TPSA) is 111 Å². The number of rotatable bonds is 10. The number of carbonyl (C=O) groups is 1. The Labute approximate surface area is 312 Å². The number of methoxy groups -OCH3 is 1. The quantitative estimate of drug-likeness (QED) is 0.237. The van der Waals surface area contributed by atoms with Crippen molar-refractivity contribution in [3.05, 3.63) is 42.5 Å². The maximum absolute atomic E-state index is 13.6. The second-order valence-corrected chi connectivity index (χ2v) is 19.2. The van der Waals surface area contributed by atoms with E-state index in [0.717, 1.165) is 62.9 Å². The molecule has 4 aliphatic carbocycles. The molecule has 0 radical (unpaired) electrons. The van der Waals surface area contributed by atoms with Crippen molar-refractivity contribution >= 4 is 5.97 Å². The van der Waals surface area contributed by atoms with Gasteiger partial charge in [-0.25, -0.2) is 9.67 Å². The molecule has 4 fully saturated rings. The van der Waals surface area contributed by atoms with E-state index in [9.17, 15) is 9.90 Å². The molecule has 3 heterocycles. The minimum absolute atomic E-state index is 0.0810. The molecule has 0 spiro atoms. The summed E-state index contributed by atoms with van der Waals surface area (Å²) in [4.78, 5) is 22.7. The Bertz CT molecular complexity index is 1630. The predicted molar refractivity (Wildman–Crippen MR) is 203 cm³/mol. The van der Waals surface area contributed by atoms with E-state index in [4.69, 9.17) is 19.6 Å². The second-order valence-electron chi connectivity index (χ2n) is 19.2. The Balaban J connectivity index is 1.35. The van der Waals surface area contributed by atoms with E-state index < -0.39 is 11.9 Å². The van der Waals surface area contributed by atoms with Crippen molar-refractivity contribution in [1.29, 1.82) is 0 Å². The smallest absolute Gasteiger partial charge is 0.307 e. The van der Waals surface area contributed by atoms with Gasteiger partial charge in [0.25, 0.3) is 0 Å². The second kappa shape index (κ2) is 13.6. The van der Waals surface area contributed by atoms with Gasteiger partial charge < -0.3 is 19.9 Å². The van der Waals surface area contributed by atoms with Crippen LogP contribution in [0.25, 0.3) is 11.4 Å². The molecule has 52 heavy (non-hydrogen) atoms. The normalized spacial score (nSPS) is 40.4. The summed E-state index contributed by atoms with van der Waals surface area (Å²) in [5.74, 6) is 1.14. The number of hydrogen-bond donors (Lipinski definition) is 2. The summed E-state index contributed by atoms with van der Waals surface area (Å²) < 4.78 is 15.7. The van der Waals surface area contributed by atoms with Crippen LogP contribution in [-0.2, 0) is 14.3 Å². The van der Waals surface area contributed by atoms with Crippen LogP contribution in [0.2, 0.25) is 0 Å². The van der Waals surface area contributed by atoms with Crippen LogP contribution in [0, 0.1) is 56.7 Å². The number of nitrogens with one attached hydrogen (secondary N) is 1. The SMILES string of the molecule is COC[C@]12C[C@@H](n3ncnc3-c3ccncc3)[C@H](OC[C@@H]3CCCN3)C(C)(C)[C@@H]1CC[C@H]1C2=CC[C@@]2(C)[C@H](C(=O)O)[C@@](C)([C@H](C)C(C)C)CC[C@]12C. The van der Waals surface area contributed by atoms with E-state index in [1.807, 2.05) is 31.6 Å². The molecule has 11 atom stereocenters. The fourth-order valence-electron chi connectivity index (χ4n) is 13.3. The molecule has 1 aliphatic heterocycles. The summed E-state index contributed by atoms with van der Waals surface area (Å²) in [7, 11) is 1.86. The largest absolute Gasteiger partial charge is 0.481 e. The molecular weight excluding hydrogens is 651 g/mol. The predicted octanol–water partition coefficient (Wildman–Crippen LogP) is 8.24. The molecule has 9 heteroatoms. The molecular formula is C43H65N5O4. The first-order chi connectivity index (χ1) is 24.7. The Morgan fingerprint density at radius 3 is 2.46 bits per heavy atom. The number of aliphatic carboxylic acids is 1. The van der Waals surface area contributed by atoms with Gasteiger partial charge in [-0.05, 0) is 115 Å². The van der Waals surface area contributed by atoms with Gasteiger partial charge in [0.1, 0.15) is 6.33 Å². The van der Waals surface area contributed by atoms with Gasteiger partial charge in [-0.3, -0.25) is 9.78 Å². The first kappa shape index (κ1) is 37.7. The van der Waals surface area contributed by atoms with E-state index in [1.54, 1.807) is 6.33 Å². The molecule has 5 aliphatic rings. The maximum atomic E-state index is 13.6. The number of hydrogen-bond acceptors (Lipinski definition) is 7. The van der Waals surface area contributed by atoms with Gasteiger partial charge in [0.05, 0.1) is 31.3 Å². The summed E-state index contributed by atoms with van der Waals surface area (Å²) in [5.41, 5.74) is 1.24. The molecule has 2 aromatic rings. The number of ether oxygens (including phenoxy) is 2. The molecule has 286 valence electrons. The molecule has 9 nitrogen and oxygen atoms in total. The number of allylic oxidation sites excluding steroid dienone is 1. The van der Waals surface area contributed by atoms with Crippen molar-refractivity contribution in [3.63, 3.8) is 0 Å². The highest BCUT2D eigenvalue weighted by Crippen LogP contribution is 2.75. The van der Waals surface area contributed by atoms with Crippen molar-refractivity contribution < 1.29 is 19.4 Å². The Hall–Kier alpha value is -2.62. The molecule has 0 amide bonds. The van der Waals surface area contributed by atoms with Crippen LogP contribution >= 0.6 is 0 Å². The number of fused-ring (bicyclic) bond motifs is 5. The molecule has 2 aromatic heterocycles. The summed E-state index contributed by atoms with van der Waals surface area (Å²) in [5, 5.41) is 19.8. The summed E-state index contributed by atoms with van der Waals surface area (Å²) in [6.07, 6.45) is 15.8. The third-order valence-electron chi connectivity index (χ3n) is 16.4. The molecule has 3 saturated carbocycles. The van der Waals surface area contributed by atoms with E-state index in [0.29, 0.717) is 37.0 Å². The lowest BCUT2D eigenvalue weighted by Gasteiger charge is -2.70. The monoisotopic (exact) mass is 716 g/mol. The first-order valence-corrected chi connectivity index (χ1v) is 20.2.